The molecule has 1 aliphatic carbocycles. The lowest BCUT2D eigenvalue weighted by Gasteiger charge is -2.31. The maximum atomic E-state index is 6.49. The highest BCUT2D eigenvalue weighted by atomic mass is 16.3. The van der Waals surface area contributed by atoms with Crippen molar-refractivity contribution in [3.05, 3.63) is 103 Å². The number of rotatable bonds is 3. The maximum Gasteiger partial charge on any atom is 0.143 e. The summed E-state index contributed by atoms with van der Waals surface area (Å²) in [6.45, 7) is 2.25. The second-order valence-electron chi connectivity index (χ2n) is 9.28. The van der Waals surface area contributed by atoms with E-state index in [0.717, 1.165) is 23.0 Å². The van der Waals surface area contributed by atoms with Crippen LogP contribution in [0, 0.1) is 0 Å². The molecule has 0 bridgehead atoms. The molecule has 0 amide bonds. The number of nitrogens with zero attached hydrogens (tertiary/aromatic N) is 1. The number of fused-ring (bicyclic) bond motifs is 5. The molecule has 1 fully saturated rings. The fourth-order valence-electron chi connectivity index (χ4n) is 5.82. The van der Waals surface area contributed by atoms with Gasteiger partial charge >= 0.3 is 0 Å². The van der Waals surface area contributed by atoms with Crippen LogP contribution in [-0.2, 0) is 0 Å². The Morgan fingerprint density at radius 2 is 1.65 bits per heavy atom. The maximum absolute atomic E-state index is 6.49. The number of anilines is 1. The Balaban J connectivity index is 1.47. The van der Waals surface area contributed by atoms with Crippen molar-refractivity contribution in [3.8, 4) is 11.1 Å². The number of para-hydroxylation sites is 1. The molecule has 1 aliphatic heterocycles. The Kier molecular flexibility index (Phi) is 4.39. The first-order valence-corrected chi connectivity index (χ1v) is 12.1. The Hall–Kier alpha value is -3.82. The van der Waals surface area contributed by atoms with Gasteiger partial charge in [-0.3, -0.25) is 5.32 Å². The quantitative estimate of drug-likeness (QED) is 0.315. The number of hydrogen-bond acceptors (Lipinski definition) is 3. The van der Waals surface area contributed by atoms with Gasteiger partial charge in [-0.25, -0.2) is 0 Å². The molecule has 166 valence electrons. The van der Waals surface area contributed by atoms with Gasteiger partial charge in [-0.2, -0.15) is 0 Å². The smallest absolute Gasteiger partial charge is 0.143 e. The number of nitrogens with one attached hydrogen (secondary N) is 1. The Morgan fingerprint density at radius 1 is 0.824 bits per heavy atom. The topological polar surface area (TPSA) is 28.4 Å². The highest BCUT2D eigenvalue weighted by Gasteiger charge is 2.38. The second-order valence-corrected chi connectivity index (χ2v) is 9.28. The van der Waals surface area contributed by atoms with Crippen LogP contribution in [0.3, 0.4) is 0 Å². The number of allylic oxidation sites excluding steroid dienone is 2. The predicted molar refractivity (Wildman–Crippen MR) is 142 cm³/mol. The van der Waals surface area contributed by atoms with Gasteiger partial charge in [0.25, 0.3) is 0 Å². The zero-order chi connectivity index (χ0) is 22.6. The molecule has 3 atom stereocenters. The molecule has 3 heteroatoms. The molecule has 2 heterocycles. The first-order chi connectivity index (χ1) is 16.8. The molecule has 4 aromatic carbocycles. The van der Waals surface area contributed by atoms with Crippen molar-refractivity contribution >= 4 is 38.4 Å². The molecule has 1 saturated heterocycles. The Bertz CT molecular complexity index is 1610. The minimum absolute atomic E-state index is 0.302. The minimum Gasteiger partial charge on any atom is -0.455 e. The molecular weight excluding hydrogens is 416 g/mol. The lowest BCUT2D eigenvalue weighted by molar-refractivity contribution is 0.563. The molecule has 3 unspecified atom stereocenters. The number of hydrogen-bond donors (Lipinski definition) is 1. The molecule has 2 aliphatic rings. The third-order valence-electron chi connectivity index (χ3n) is 7.36. The van der Waals surface area contributed by atoms with Crippen LogP contribution in [-0.4, -0.2) is 18.2 Å². The van der Waals surface area contributed by atoms with Gasteiger partial charge in [-0.05, 0) is 47.0 Å². The van der Waals surface area contributed by atoms with Crippen molar-refractivity contribution in [3.63, 3.8) is 0 Å². The second kappa shape index (κ2) is 7.61. The van der Waals surface area contributed by atoms with E-state index in [9.17, 15) is 0 Å². The molecule has 1 aromatic heterocycles. The molecular formula is C31H26N2O. The average Bonchev–Trinajstić information content (AvgIpc) is 3.45. The Morgan fingerprint density at radius 3 is 2.56 bits per heavy atom. The summed E-state index contributed by atoms with van der Waals surface area (Å²) in [6, 6.07) is 28.9. The summed E-state index contributed by atoms with van der Waals surface area (Å²) < 4.78 is 6.49. The fraction of sp³-hybridized carbons (Fsp3) is 0.161. The fourth-order valence-corrected chi connectivity index (χ4v) is 5.82. The van der Waals surface area contributed by atoms with Crippen molar-refractivity contribution < 1.29 is 4.42 Å². The van der Waals surface area contributed by atoms with E-state index in [0.29, 0.717) is 18.2 Å². The van der Waals surface area contributed by atoms with E-state index >= 15 is 0 Å². The molecule has 1 N–H and O–H groups in total. The minimum atomic E-state index is 0.302. The van der Waals surface area contributed by atoms with Crippen LogP contribution < -0.4 is 10.2 Å². The predicted octanol–water partition coefficient (Wildman–Crippen LogP) is 7.42. The van der Waals surface area contributed by atoms with Crippen LogP contribution in [0.2, 0.25) is 0 Å². The van der Waals surface area contributed by atoms with E-state index in [4.69, 9.17) is 4.42 Å². The molecule has 0 spiro atoms. The van der Waals surface area contributed by atoms with Gasteiger partial charge in [0.1, 0.15) is 11.2 Å². The Labute approximate surface area is 199 Å². The van der Waals surface area contributed by atoms with Crippen LogP contribution in [0.4, 0.5) is 5.69 Å². The third kappa shape index (κ3) is 2.87. The lowest BCUT2D eigenvalue weighted by atomic mass is 9.94. The first kappa shape index (κ1) is 19.6. The molecule has 34 heavy (non-hydrogen) atoms. The SMILES string of the molecule is CCC1NC2C=CC=CC2N1c1cccc(-c2c3ccccc3cc3c2oc2ccccc23)c1. The lowest BCUT2D eigenvalue weighted by Crippen LogP contribution is -2.38. The van der Waals surface area contributed by atoms with Crippen LogP contribution >= 0.6 is 0 Å². The van der Waals surface area contributed by atoms with Crippen molar-refractivity contribution in [2.75, 3.05) is 4.90 Å². The number of benzene rings is 4. The summed E-state index contributed by atoms with van der Waals surface area (Å²) >= 11 is 0. The van der Waals surface area contributed by atoms with Crippen molar-refractivity contribution in [2.45, 2.75) is 31.6 Å². The molecule has 3 nitrogen and oxygen atoms in total. The van der Waals surface area contributed by atoms with Gasteiger partial charge in [0, 0.05) is 22.0 Å². The van der Waals surface area contributed by atoms with E-state index in [1.807, 2.05) is 6.07 Å². The van der Waals surface area contributed by atoms with E-state index in [-0.39, 0.29) is 0 Å². The van der Waals surface area contributed by atoms with Gasteiger partial charge in [0.05, 0.1) is 18.2 Å². The highest BCUT2D eigenvalue weighted by Crippen LogP contribution is 2.42. The highest BCUT2D eigenvalue weighted by molar-refractivity contribution is 6.18. The van der Waals surface area contributed by atoms with Crippen LogP contribution in [0.25, 0.3) is 43.8 Å². The standard InChI is InChI=1S/C31H26N2O/c1-2-29-32-26-15-6-7-16-27(26)33(29)22-12-9-11-21(18-22)30-23-13-4-3-10-20(23)19-25-24-14-5-8-17-28(24)34-31(25)30/h3-19,26-27,29,32H,2H2,1H3. The molecule has 7 rings (SSSR count). The van der Waals surface area contributed by atoms with Gasteiger partial charge in [0.2, 0.25) is 0 Å². The summed E-state index contributed by atoms with van der Waals surface area (Å²) in [7, 11) is 0. The molecule has 0 radical (unpaired) electrons. The summed E-state index contributed by atoms with van der Waals surface area (Å²) in [5.41, 5.74) is 5.49. The zero-order valence-electron chi connectivity index (χ0n) is 19.1. The van der Waals surface area contributed by atoms with Crippen LogP contribution in [0.1, 0.15) is 13.3 Å². The summed E-state index contributed by atoms with van der Waals surface area (Å²) in [5, 5.41) is 8.58. The first-order valence-electron chi connectivity index (χ1n) is 12.1. The van der Waals surface area contributed by atoms with Gasteiger partial charge in [-0.1, -0.05) is 85.8 Å². The van der Waals surface area contributed by atoms with Gasteiger partial charge < -0.3 is 9.32 Å². The van der Waals surface area contributed by atoms with E-state index < -0.39 is 0 Å². The summed E-state index contributed by atoms with van der Waals surface area (Å²) in [5.74, 6) is 0. The third-order valence-corrected chi connectivity index (χ3v) is 7.36. The zero-order valence-corrected chi connectivity index (χ0v) is 19.1. The van der Waals surface area contributed by atoms with Crippen molar-refractivity contribution in [2.24, 2.45) is 0 Å². The van der Waals surface area contributed by atoms with Crippen LogP contribution in [0.15, 0.2) is 108 Å². The molecule has 5 aromatic rings. The van der Waals surface area contributed by atoms with E-state index in [1.54, 1.807) is 0 Å². The monoisotopic (exact) mass is 442 g/mol. The normalized spacial score (nSPS) is 21.7. The number of furan rings is 1. The van der Waals surface area contributed by atoms with Gasteiger partial charge in [0.15, 0.2) is 0 Å². The van der Waals surface area contributed by atoms with E-state index in [2.05, 4.69) is 114 Å². The average molecular weight is 443 g/mol. The summed E-state index contributed by atoms with van der Waals surface area (Å²) in [6.07, 6.45) is 10.3. The van der Waals surface area contributed by atoms with Gasteiger partial charge in [-0.15, -0.1) is 0 Å². The molecule has 0 saturated carbocycles. The van der Waals surface area contributed by atoms with Crippen molar-refractivity contribution in [1.29, 1.82) is 0 Å². The van der Waals surface area contributed by atoms with E-state index in [1.165, 1.54) is 33.0 Å². The van der Waals surface area contributed by atoms with Crippen LogP contribution in [0.5, 0.6) is 0 Å². The largest absolute Gasteiger partial charge is 0.455 e. The van der Waals surface area contributed by atoms with Crippen molar-refractivity contribution in [1.82, 2.24) is 5.32 Å². The summed E-state index contributed by atoms with van der Waals surface area (Å²) in [4.78, 5) is 2.54.